The van der Waals surface area contributed by atoms with Gasteiger partial charge in [-0.25, -0.2) is 0 Å². The maximum absolute atomic E-state index is 13.5. The maximum atomic E-state index is 13.5. The summed E-state index contributed by atoms with van der Waals surface area (Å²) < 4.78 is 17.7. The van der Waals surface area contributed by atoms with E-state index in [1.54, 1.807) is 6.08 Å². The fourth-order valence-corrected chi connectivity index (χ4v) is 11.4. The molecule has 1 saturated heterocycles. The van der Waals surface area contributed by atoms with Gasteiger partial charge in [-0.3, -0.25) is 9.59 Å². The van der Waals surface area contributed by atoms with Crippen LogP contribution in [0.25, 0.3) is 0 Å². The van der Waals surface area contributed by atoms with Gasteiger partial charge < -0.3 is 45.1 Å². The summed E-state index contributed by atoms with van der Waals surface area (Å²) in [6.45, 7) is 5.71. The zero-order chi connectivity index (χ0) is 63.1. The fraction of sp³-hybridized carbons (Fsp3) is 0.816. The first-order valence-electron chi connectivity index (χ1n) is 36.7. The van der Waals surface area contributed by atoms with Crippen LogP contribution in [0, 0.1) is 0 Å². The number of hydrogen-bond donors (Lipinski definition) is 6. The topological polar surface area (TPSA) is 175 Å². The minimum atomic E-state index is -1.62. The Morgan fingerprint density at radius 3 is 1.24 bits per heavy atom. The van der Waals surface area contributed by atoms with Crippen LogP contribution >= 0.6 is 0 Å². The van der Waals surface area contributed by atoms with E-state index in [1.165, 1.54) is 193 Å². The molecule has 11 heteroatoms. The van der Waals surface area contributed by atoms with E-state index in [1.807, 2.05) is 6.08 Å². The van der Waals surface area contributed by atoms with Crippen LogP contribution in [-0.4, -0.2) is 99.6 Å². The highest BCUT2D eigenvalue weighted by atomic mass is 16.7. The van der Waals surface area contributed by atoms with Gasteiger partial charge in [-0.2, -0.15) is 0 Å². The van der Waals surface area contributed by atoms with E-state index in [0.29, 0.717) is 19.3 Å². The fourth-order valence-electron chi connectivity index (χ4n) is 11.4. The average Bonchev–Trinajstić information content (AvgIpc) is 2.93. The summed E-state index contributed by atoms with van der Waals surface area (Å²) in [5.74, 6) is -1.19. The molecule has 0 aromatic rings. The second-order valence-corrected chi connectivity index (χ2v) is 25.3. The minimum Gasteiger partial charge on any atom is -0.454 e. The quantitative estimate of drug-likeness (QED) is 0.0195. The number of aliphatic hydroxyl groups excluding tert-OH is 5. The molecule has 0 aliphatic carbocycles. The van der Waals surface area contributed by atoms with Crippen molar-refractivity contribution < 1.29 is 49.3 Å². The van der Waals surface area contributed by atoms with E-state index in [0.717, 1.165) is 96.3 Å². The number of rotatable bonds is 63. The highest BCUT2D eigenvalue weighted by molar-refractivity contribution is 5.80. The Bertz CT molecular complexity index is 1690. The van der Waals surface area contributed by atoms with Crippen molar-refractivity contribution in [1.29, 1.82) is 0 Å². The SMILES string of the molecule is CC/C=C\C/C=C\C/C=C\C/C=C\C/C=C\CCCCCCCCCCCCCC(=O)OC1C(OCC(NC(=O)C(O)CCCCCCCCCCCCCCCCCCCCCC)C(O)/C=C/CCCCCCCCCCC)OC(CO)C(O)C1O. The smallest absolute Gasteiger partial charge is 0.306 e. The third-order valence-corrected chi connectivity index (χ3v) is 17.1. The highest BCUT2D eigenvalue weighted by Gasteiger charge is 2.47. The normalized spacial score (nSPS) is 18.6. The average molecular weight is 1220 g/mol. The number of ether oxygens (including phenoxy) is 3. The molecule has 1 aliphatic rings. The Hall–Kier alpha value is -2.90. The molecule has 0 saturated carbocycles. The molecule has 0 aromatic heterocycles. The van der Waals surface area contributed by atoms with Crippen LogP contribution in [0.2, 0.25) is 0 Å². The molecule has 0 spiro atoms. The van der Waals surface area contributed by atoms with Gasteiger partial charge in [0.25, 0.3) is 0 Å². The van der Waals surface area contributed by atoms with E-state index < -0.39 is 67.4 Å². The van der Waals surface area contributed by atoms with Crippen LogP contribution in [0.4, 0.5) is 0 Å². The summed E-state index contributed by atoms with van der Waals surface area (Å²) in [7, 11) is 0. The Labute approximate surface area is 534 Å². The molecule has 8 atom stereocenters. The van der Waals surface area contributed by atoms with Gasteiger partial charge in [0.15, 0.2) is 12.4 Å². The summed E-state index contributed by atoms with van der Waals surface area (Å²) in [6.07, 6.45) is 72.3. The van der Waals surface area contributed by atoms with Crippen molar-refractivity contribution in [3.63, 3.8) is 0 Å². The van der Waals surface area contributed by atoms with Crippen molar-refractivity contribution in [2.45, 2.75) is 384 Å². The molecule has 0 bridgehead atoms. The molecular formula is C76H137NO10. The molecule has 506 valence electrons. The third kappa shape index (κ3) is 50.4. The Morgan fingerprint density at radius 2 is 0.828 bits per heavy atom. The number of carbonyl (C=O) groups excluding carboxylic acids is 2. The molecule has 1 fully saturated rings. The van der Waals surface area contributed by atoms with E-state index in [-0.39, 0.29) is 13.0 Å². The van der Waals surface area contributed by atoms with Gasteiger partial charge in [-0.1, -0.05) is 331 Å². The molecular weight excluding hydrogens is 1090 g/mol. The molecule has 8 unspecified atom stereocenters. The summed E-state index contributed by atoms with van der Waals surface area (Å²) in [6, 6.07) is -1.02. The van der Waals surface area contributed by atoms with E-state index in [2.05, 4.69) is 86.8 Å². The molecule has 87 heavy (non-hydrogen) atoms. The van der Waals surface area contributed by atoms with Gasteiger partial charge in [0.2, 0.25) is 5.91 Å². The summed E-state index contributed by atoms with van der Waals surface area (Å²) in [4.78, 5) is 26.7. The number of carbonyl (C=O) groups is 2. The lowest BCUT2D eigenvalue weighted by Gasteiger charge is -2.41. The van der Waals surface area contributed by atoms with Crippen LogP contribution in [0.5, 0.6) is 0 Å². The maximum Gasteiger partial charge on any atom is 0.306 e. The number of hydrogen-bond acceptors (Lipinski definition) is 10. The van der Waals surface area contributed by atoms with Crippen molar-refractivity contribution in [2.24, 2.45) is 0 Å². The van der Waals surface area contributed by atoms with Crippen LogP contribution in [0.15, 0.2) is 72.9 Å². The second-order valence-electron chi connectivity index (χ2n) is 25.3. The predicted molar refractivity (Wildman–Crippen MR) is 366 cm³/mol. The molecule has 11 nitrogen and oxygen atoms in total. The number of unbranched alkanes of at least 4 members (excludes halogenated alkanes) is 39. The van der Waals surface area contributed by atoms with Crippen LogP contribution in [0.1, 0.15) is 335 Å². The molecule has 1 amide bonds. The summed E-state index contributed by atoms with van der Waals surface area (Å²) >= 11 is 0. The van der Waals surface area contributed by atoms with Crippen LogP contribution in [-0.2, 0) is 23.8 Å². The van der Waals surface area contributed by atoms with E-state index in [4.69, 9.17) is 14.2 Å². The monoisotopic (exact) mass is 1220 g/mol. The first-order chi connectivity index (χ1) is 42.7. The molecule has 6 N–H and O–H groups in total. The Balaban J connectivity index is 2.52. The van der Waals surface area contributed by atoms with Crippen molar-refractivity contribution in [3.05, 3.63) is 72.9 Å². The standard InChI is InChI=1S/C76H137NO10/c1-4-7-10-13-16-19-22-24-26-28-30-32-33-34-35-36-37-38-40-42-44-46-49-52-55-58-61-64-71(81)87-74-73(83)72(82)70(65-78)86-76(74)85-66-67(68(79)62-59-56-53-50-47-21-18-15-12-9-6-3)77-75(84)69(80)63-60-57-54-51-48-45-43-41-39-31-29-27-25-23-20-17-14-11-8-5-2/h7,10,16,19,24,26,30,32,34-35,59,62,67-70,72-74,76,78-80,82-83H,4-6,8-9,11-15,17-18,20-23,25,27-29,31,33,36-58,60-61,63-66H2,1-3H3,(H,77,84)/b10-7-,19-16-,26-24-,32-30-,35-34-,62-59+. The zero-order valence-electron chi connectivity index (χ0n) is 56.4. The van der Waals surface area contributed by atoms with Crippen molar-refractivity contribution in [1.82, 2.24) is 5.32 Å². The van der Waals surface area contributed by atoms with Crippen molar-refractivity contribution in [3.8, 4) is 0 Å². The predicted octanol–water partition coefficient (Wildman–Crippen LogP) is 19.1. The molecule has 1 rings (SSSR count). The number of aliphatic hydroxyl groups is 5. The van der Waals surface area contributed by atoms with Crippen molar-refractivity contribution in [2.75, 3.05) is 13.2 Å². The number of nitrogens with one attached hydrogen (secondary N) is 1. The zero-order valence-corrected chi connectivity index (χ0v) is 56.4. The van der Waals surface area contributed by atoms with Gasteiger partial charge >= 0.3 is 5.97 Å². The van der Waals surface area contributed by atoms with Gasteiger partial charge in [0.1, 0.15) is 24.4 Å². The molecule has 0 aromatic carbocycles. The number of esters is 1. The van der Waals surface area contributed by atoms with Crippen LogP contribution < -0.4 is 5.32 Å². The largest absolute Gasteiger partial charge is 0.454 e. The van der Waals surface area contributed by atoms with Crippen molar-refractivity contribution >= 4 is 11.9 Å². The summed E-state index contributed by atoms with van der Waals surface area (Å²) in [5, 5.41) is 57.3. The molecule has 1 heterocycles. The Kier molecular flexibility index (Phi) is 59.7. The second kappa shape index (κ2) is 63.3. The van der Waals surface area contributed by atoms with Crippen LogP contribution in [0.3, 0.4) is 0 Å². The van der Waals surface area contributed by atoms with Gasteiger partial charge in [-0.05, 0) is 70.6 Å². The first kappa shape index (κ1) is 82.1. The number of amides is 1. The van der Waals surface area contributed by atoms with E-state index >= 15 is 0 Å². The summed E-state index contributed by atoms with van der Waals surface area (Å²) in [5.41, 5.74) is 0. The van der Waals surface area contributed by atoms with Gasteiger partial charge in [0, 0.05) is 6.42 Å². The third-order valence-electron chi connectivity index (χ3n) is 17.1. The van der Waals surface area contributed by atoms with Gasteiger partial charge in [-0.15, -0.1) is 0 Å². The molecule has 1 aliphatic heterocycles. The first-order valence-corrected chi connectivity index (χ1v) is 36.7. The lowest BCUT2D eigenvalue weighted by atomic mass is 9.99. The molecule has 0 radical (unpaired) electrons. The number of allylic oxidation sites excluding steroid dienone is 11. The lowest BCUT2D eigenvalue weighted by Crippen LogP contribution is -2.61. The van der Waals surface area contributed by atoms with E-state index in [9.17, 15) is 35.1 Å². The Morgan fingerprint density at radius 1 is 0.460 bits per heavy atom. The highest BCUT2D eigenvalue weighted by Crippen LogP contribution is 2.26. The van der Waals surface area contributed by atoms with Gasteiger partial charge in [0.05, 0.1) is 25.4 Å². The minimum absolute atomic E-state index is 0.119. The lowest BCUT2D eigenvalue weighted by molar-refractivity contribution is -0.305.